The van der Waals surface area contributed by atoms with Gasteiger partial charge in [0.2, 0.25) is 0 Å². The number of allylic oxidation sites excluding steroid dienone is 1. The summed E-state index contributed by atoms with van der Waals surface area (Å²) in [6.45, 7) is -0.602. The highest BCUT2D eigenvalue weighted by molar-refractivity contribution is 6.32. The van der Waals surface area contributed by atoms with Crippen LogP contribution in [0.3, 0.4) is 0 Å². The zero-order chi connectivity index (χ0) is 43.0. The van der Waals surface area contributed by atoms with Crippen molar-refractivity contribution >= 4 is 35.6 Å². The van der Waals surface area contributed by atoms with Crippen LogP contribution in [0.5, 0.6) is 23.0 Å². The van der Waals surface area contributed by atoms with Crippen molar-refractivity contribution in [3.63, 3.8) is 0 Å². The van der Waals surface area contributed by atoms with E-state index < -0.39 is 83.2 Å². The number of hydrogen-bond acceptors (Lipinski definition) is 14. The molecule has 16 nitrogen and oxygen atoms in total. The van der Waals surface area contributed by atoms with Gasteiger partial charge in [0.15, 0.2) is 23.1 Å². The van der Waals surface area contributed by atoms with Gasteiger partial charge in [-0.3, -0.25) is 19.7 Å². The number of carboxylic acid groups (broad SMARTS) is 1. The molecule has 3 heterocycles. The minimum atomic E-state index is -3.14. The molecule has 6 aliphatic rings. The minimum absolute atomic E-state index is 0.0128. The third-order valence-electron chi connectivity index (χ3n) is 13.8. The lowest BCUT2D eigenvalue weighted by atomic mass is 9.49. The van der Waals surface area contributed by atoms with E-state index in [1.807, 2.05) is 12.1 Å². The lowest BCUT2D eigenvalue weighted by Crippen LogP contribution is -2.67. The van der Waals surface area contributed by atoms with Crippen LogP contribution in [0.1, 0.15) is 65.8 Å². The first-order chi connectivity index (χ1) is 29.2. The SMILES string of the molecule is O=C(C=Cc1ccc(O)c(CC2=NCN=C2)c1)N1c2cc(OC3(O)OC(CO)C(O)C(O)C3O)c(O)cc2C2C(C34CCCCC3CCc3cccc(O)c34)C=CC21C(=O)O. The molecule has 16 heteroatoms. The largest absolute Gasteiger partial charge is 0.508 e. The van der Waals surface area contributed by atoms with E-state index in [4.69, 9.17) is 9.47 Å². The molecule has 61 heavy (non-hydrogen) atoms. The number of aliphatic hydroxyl groups excluding tert-OH is 4. The van der Waals surface area contributed by atoms with E-state index in [9.17, 15) is 55.5 Å². The zero-order valence-corrected chi connectivity index (χ0v) is 32.9. The highest BCUT2D eigenvalue weighted by atomic mass is 16.8. The summed E-state index contributed by atoms with van der Waals surface area (Å²) >= 11 is 0. The van der Waals surface area contributed by atoms with Crippen LogP contribution in [-0.2, 0) is 32.6 Å². The lowest BCUT2D eigenvalue weighted by molar-refractivity contribution is -0.422. The number of ether oxygens (including phenoxy) is 2. The number of aryl methyl sites for hydroxylation is 1. The van der Waals surface area contributed by atoms with Crippen LogP contribution in [0.4, 0.5) is 5.69 Å². The molecule has 9 rings (SSSR count). The number of nitrogens with zero attached hydrogens (tertiary/aromatic N) is 3. The number of benzene rings is 3. The number of fused-ring (bicyclic) bond motifs is 6. The van der Waals surface area contributed by atoms with Crippen molar-refractivity contribution in [3.8, 4) is 23.0 Å². The van der Waals surface area contributed by atoms with Gasteiger partial charge in [-0.15, -0.1) is 0 Å². The van der Waals surface area contributed by atoms with E-state index in [0.717, 1.165) is 54.2 Å². The summed E-state index contributed by atoms with van der Waals surface area (Å²) in [5, 5.41) is 98.2. The van der Waals surface area contributed by atoms with Gasteiger partial charge in [0.05, 0.1) is 18.0 Å². The summed E-state index contributed by atoms with van der Waals surface area (Å²) < 4.78 is 11.0. The Morgan fingerprint density at radius 2 is 1.80 bits per heavy atom. The molecule has 3 aliphatic heterocycles. The normalized spacial score (nSPS) is 33.6. The maximum absolute atomic E-state index is 14.9. The summed E-state index contributed by atoms with van der Waals surface area (Å²) in [5.41, 5.74) is 0.839. The van der Waals surface area contributed by atoms with Gasteiger partial charge in [-0.25, -0.2) is 4.79 Å². The fourth-order valence-corrected chi connectivity index (χ4v) is 11.1. The highest BCUT2D eigenvalue weighted by Gasteiger charge is 2.68. The minimum Gasteiger partial charge on any atom is -0.508 e. The molecule has 0 spiro atoms. The zero-order valence-electron chi connectivity index (χ0n) is 32.9. The number of aromatic hydroxyl groups is 3. The number of aliphatic imine (C=N–C) groups is 2. The predicted octanol–water partition coefficient (Wildman–Crippen LogP) is 2.55. The van der Waals surface area contributed by atoms with Crippen molar-refractivity contribution < 1.29 is 65.0 Å². The number of aliphatic carboxylic acids is 1. The topological polar surface area (TPSA) is 263 Å². The standard InChI is InChI=1S/C45H47N3O13/c49-21-35-39(54)40(55)41(56)45(59,61-35)60-34-19-30-28(18-33(34)52)38-29(43-14-2-1-5-26(43)10-9-24-4-3-6-32(51)37(24)43)13-15-44(38,42(57)58)48(30)36(53)12-8-23-7-11-31(50)25(16-23)17-27-20-46-22-47-27/h3-4,6-8,11-13,15-16,18-20,26,29,35,38-41,49-52,54-56,59H,1-2,5,9-10,14,17,21-22H2,(H,57,58). The van der Waals surface area contributed by atoms with Gasteiger partial charge < -0.3 is 55.4 Å². The molecule has 1 amide bonds. The first kappa shape index (κ1) is 40.8. The van der Waals surface area contributed by atoms with Crippen molar-refractivity contribution in [2.75, 3.05) is 18.2 Å². The average molecular weight is 838 g/mol. The van der Waals surface area contributed by atoms with Gasteiger partial charge in [0.25, 0.3) is 5.91 Å². The quantitative estimate of drug-likeness (QED) is 0.0854. The Morgan fingerprint density at radius 1 is 0.984 bits per heavy atom. The van der Waals surface area contributed by atoms with Crippen LogP contribution in [0, 0.1) is 11.8 Å². The van der Waals surface area contributed by atoms with E-state index in [2.05, 4.69) is 9.98 Å². The van der Waals surface area contributed by atoms with E-state index in [1.54, 1.807) is 30.5 Å². The number of phenols is 3. The number of phenolic OH excluding ortho intramolecular Hbond substituents is 3. The molecule has 10 atom stereocenters. The Balaban J connectivity index is 1.18. The number of carboxylic acids is 1. The Hall–Kier alpha value is -5.62. The maximum Gasteiger partial charge on any atom is 0.355 e. The lowest BCUT2D eigenvalue weighted by Gasteiger charge is -2.54. The van der Waals surface area contributed by atoms with Gasteiger partial charge >= 0.3 is 11.9 Å². The van der Waals surface area contributed by atoms with Crippen molar-refractivity contribution in [2.24, 2.45) is 21.8 Å². The Kier molecular flexibility index (Phi) is 10.1. The number of anilines is 1. The summed E-state index contributed by atoms with van der Waals surface area (Å²) in [7, 11) is 0. The molecule has 3 aromatic carbocycles. The van der Waals surface area contributed by atoms with Gasteiger partial charge in [-0.05, 0) is 84.6 Å². The second-order valence-electron chi connectivity index (χ2n) is 16.9. The second kappa shape index (κ2) is 15.1. The Morgan fingerprint density at radius 3 is 2.56 bits per heavy atom. The van der Waals surface area contributed by atoms with E-state index in [-0.39, 0.29) is 35.1 Å². The fourth-order valence-electron chi connectivity index (χ4n) is 11.1. The van der Waals surface area contributed by atoms with Crippen LogP contribution < -0.4 is 9.64 Å². The third kappa shape index (κ3) is 6.26. The predicted molar refractivity (Wildman–Crippen MR) is 219 cm³/mol. The van der Waals surface area contributed by atoms with Gasteiger partial charge in [-0.1, -0.05) is 43.2 Å². The molecule has 0 aromatic heterocycles. The van der Waals surface area contributed by atoms with Gasteiger partial charge in [0, 0.05) is 47.2 Å². The maximum atomic E-state index is 14.9. The number of amides is 1. The molecule has 2 fully saturated rings. The van der Waals surface area contributed by atoms with Crippen molar-refractivity contribution in [1.29, 1.82) is 0 Å². The van der Waals surface area contributed by atoms with Crippen LogP contribution in [-0.4, -0.2) is 119 Å². The third-order valence-corrected chi connectivity index (χ3v) is 13.8. The van der Waals surface area contributed by atoms with Crippen molar-refractivity contribution in [2.45, 2.75) is 92.2 Å². The first-order valence-corrected chi connectivity index (χ1v) is 20.5. The van der Waals surface area contributed by atoms with Crippen LogP contribution >= 0.6 is 0 Å². The smallest absolute Gasteiger partial charge is 0.355 e. The monoisotopic (exact) mass is 837 g/mol. The van der Waals surface area contributed by atoms with Crippen LogP contribution in [0.25, 0.3) is 6.08 Å². The number of rotatable bonds is 9. The molecule has 9 N–H and O–H groups in total. The van der Waals surface area contributed by atoms with Gasteiger partial charge in [-0.2, -0.15) is 0 Å². The molecule has 3 aromatic rings. The van der Waals surface area contributed by atoms with Gasteiger partial charge in [0.1, 0.15) is 36.5 Å². The molecular formula is C45H47N3O13. The van der Waals surface area contributed by atoms with Crippen molar-refractivity contribution in [3.05, 3.63) is 94.6 Å². The second-order valence-corrected chi connectivity index (χ2v) is 16.9. The molecule has 10 unspecified atom stereocenters. The number of hydrogen-bond donors (Lipinski definition) is 9. The number of aliphatic hydroxyl groups is 5. The first-order valence-electron chi connectivity index (χ1n) is 20.5. The van der Waals surface area contributed by atoms with Crippen molar-refractivity contribution in [1.82, 2.24) is 0 Å². The van der Waals surface area contributed by atoms with E-state index in [0.29, 0.717) is 29.9 Å². The van der Waals surface area contributed by atoms with Crippen LogP contribution in [0.15, 0.2) is 76.7 Å². The molecular weight excluding hydrogens is 791 g/mol. The fraction of sp³-hybridized carbons (Fsp3) is 0.422. The average Bonchev–Trinajstić information content (AvgIpc) is 3.98. The molecule has 3 aliphatic carbocycles. The number of carbonyl (C=O) groups is 2. The highest BCUT2D eigenvalue weighted by Crippen LogP contribution is 2.67. The summed E-state index contributed by atoms with van der Waals surface area (Å²) in [4.78, 5) is 38.4. The number of carbonyl (C=O) groups excluding carboxylic acids is 1. The summed E-state index contributed by atoms with van der Waals surface area (Å²) in [5.74, 6) is -7.97. The van der Waals surface area contributed by atoms with E-state index >= 15 is 0 Å². The summed E-state index contributed by atoms with van der Waals surface area (Å²) in [6, 6.07) is 12.6. The Labute approximate surface area is 349 Å². The molecule has 320 valence electrons. The van der Waals surface area contributed by atoms with E-state index in [1.165, 1.54) is 30.4 Å². The molecule has 1 saturated carbocycles. The Bertz CT molecular complexity index is 2410. The van der Waals surface area contributed by atoms with Crippen LogP contribution in [0.2, 0.25) is 0 Å². The summed E-state index contributed by atoms with van der Waals surface area (Å²) in [6.07, 6.45) is 4.87. The molecule has 0 bridgehead atoms. The molecule has 1 saturated heterocycles. The molecule has 0 radical (unpaired) electrons.